The van der Waals surface area contributed by atoms with E-state index in [9.17, 15) is 5.26 Å². The molecular formula is C20H21N5. The molecule has 0 amide bonds. The standard InChI is InChI=1S/C20H21N5/c1-4-25(5-2)18-10-7-16(8-11-18)6-9-17-12-15(3)23-19(13-21)20(14-22)24-17/h6-11H,4-5,12H2,1-3H3. The van der Waals surface area contributed by atoms with Crippen LogP contribution in [0.2, 0.25) is 0 Å². The van der Waals surface area contributed by atoms with Crippen molar-refractivity contribution in [1.82, 2.24) is 0 Å². The van der Waals surface area contributed by atoms with E-state index >= 15 is 0 Å². The summed E-state index contributed by atoms with van der Waals surface area (Å²) in [4.78, 5) is 10.7. The maximum absolute atomic E-state index is 9.17. The van der Waals surface area contributed by atoms with Crippen LogP contribution in [0.4, 0.5) is 5.69 Å². The van der Waals surface area contributed by atoms with E-state index in [1.54, 1.807) is 0 Å². The first-order valence-corrected chi connectivity index (χ1v) is 8.30. The molecule has 126 valence electrons. The van der Waals surface area contributed by atoms with Gasteiger partial charge in [0, 0.05) is 36.6 Å². The Morgan fingerprint density at radius 3 is 2.16 bits per heavy atom. The van der Waals surface area contributed by atoms with Crippen molar-refractivity contribution < 1.29 is 0 Å². The van der Waals surface area contributed by atoms with Crippen LogP contribution in [0.15, 0.2) is 51.7 Å². The van der Waals surface area contributed by atoms with Gasteiger partial charge in [0.15, 0.2) is 11.4 Å². The SMILES string of the molecule is CCN(CC)c1ccc(C=CC2=NC(C#N)=C(C#N)N=C(C)C2)cc1. The van der Waals surface area contributed by atoms with E-state index in [1.807, 2.05) is 31.2 Å². The predicted octanol–water partition coefficient (Wildman–Crippen LogP) is 4.11. The van der Waals surface area contributed by atoms with Crippen LogP contribution < -0.4 is 4.90 Å². The largest absolute Gasteiger partial charge is 0.372 e. The molecule has 5 heteroatoms. The molecule has 0 unspecified atom stereocenters. The van der Waals surface area contributed by atoms with Gasteiger partial charge in [-0.1, -0.05) is 18.2 Å². The molecule has 0 N–H and O–H groups in total. The van der Waals surface area contributed by atoms with Gasteiger partial charge in [-0.15, -0.1) is 0 Å². The van der Waals surface area contributed by atoms with Crippen molar-refractivity contribution in [3.63, 3.8) is 0 Å². The van der Waals surface area contributed by atoms with E-state index in [0.29, 0.717) is 6.42 Å². The van der Waals surface area contributed by atoms with Gasteiger partial charge in [-0.05, 0) is 44.5 Å². The fourth-order valence-electron chi connectivity index (χ4n) is 2.61. The van der Waals surface area contributed by atoms with Gasteiger partial charge in [-0.2, -0.15) is 10.5 Å². The van der Waals surface area contributed by atoms with Gasteiger partial charge in [0.2, 0.25) is 0 Å². The number of nitrogens with zero attached hydrogens (tertiary/aromatic N) is 5. The summed E-state index contributed by atoms with van der Waals surface area (Å²) in [7, 11) is 0. The van der Waals surface area contributed by atoms with Crippen LogP contribution in [0.3, 0.4) is 0 Å². The van der Waals surface area contributed by atoms with Crippen molar-refractivity contribution in [2.45, 2.75) is 27.2 Å². The molecule has 1 aromatic carbocycles. The zero-order valence-electron chi connectivity index (χ0n) is 14.8. The van der Waals surface area contributed by atoms with Gasteiger partial charge >= 0.3 is 0 Å². The molecule has 0 saturated heterocycles. The van der Waals surface area contributed by atoms with Crippen molar-refractivity contribution in [2.75, 3.05) is 18.0 Å². The van der Waals surface area contributed by atoms with Crippen LogP contribution in [0.25, 0.3) is 6.08 Å². The fraction of sp³-hybridized carbons (Fsp3) is 0.300. The average Bonchev–Trinajstić information content (AvgIpc) is 2.79. The average molecular weight is 331 g/mol. The maximum Gasteiger partial charge on any atom is 0.177 e. The number of aliphatic imine (C=N–C) groups is 2. The van der Waals surface area contributed by atoms with Gasteiger partial charge in [-0.3, -0.25) is 0 Å². The molecule has 1 aliphatic heterocycles. The van der Waals surface area contributed by atoms with E-state index in [0.717, 1.165) is 30.1 Å². The molecule has 1 aromatic rings. The summed E-state index contributed by atoms with van der Waals surface area (Å²) in [6.07, 6.45) is 4.36. The number of allylic oxidation sites excluding steroid dienone is 3. The van der Waals surface area contributed by atoms with E-state index in [2.05, 4.69) is 53.0 Å². The number of hydrogen-bond acceptors (Lipinski definition) is 5. The molecule has 0 atom stereocenters. The fourth-order valence-corrected chi connectivity index (χ4v) is 2.61. The molecule has 0 fully saturated rings. The van der Waals surface area contributed by atoms with Crippen molar-refractivity contribution in [2.24, 2.45) is 9.98 Å². The molecule has 0 spiro atoms. The Labute approximate surface area is 148 Å². The lowest BCUT2D eigenvalue weighted by Gasteiger charge is -2.20. The van der Waals surface area contributed by atoms with Crippen LogP contribution in [0.1, 0.15) is 32.8 Å². The van der Waals surface area contributed by atoms with Crippen molar-refractivity contribution in [3.8, 4) is 12.1 Å². The minimum Gasteiger partial charge on any atom is -0.372 e. The highest BCUT2D eigenvalue weighted by Crippen LogP contribution is 2.17. The van der Waals surface area contributed by atoms with E-state index in [4.69, 9.17) is 5.26 Å². The Morgan fingerprint density at radius 2 is 1.60 bits per heavy atom. The quantitative estimate of drug-likeness (QED) is 0.814. The number of nitriles is 2. The lowest BCUT2D eigenvalue weighted by atomic mass is 10.1. The smallest absolute Gasteiger partial charge is 0.177 e. The topological polar surface area (TPSA) is 75.5 Å². The summed E-state index contributed by atoms with van der Waals surface area (Å²) in [6.45, 7) is 8.07. The molecule has 0 aliphatic carbocycles. The number of benzene rings is 1. The summed E-state index contributed by atoms with van der Waals surface area (Å²) in [5, 5.41) is 18.3. The Morgan fingerprint density at radius 1 is 1.00 bits per heavy atom. The summed E-state index contributed by atoms with van der Waals surface area (Å²) in [5.41, 5.74) is 3.88. The van der Waals surface area contributed by atoms with Crippen LogP contribution in [-0.2, 0) is 0 Å². The Balaban J connectivity index is 2.23. The number of hydrogen-bond donors (Lipinski definition) is 0. The molecule has 0 radical (unpaired) electrons. The van der Waals surface area contributed by atoms with Gasteiger partial charge in [0.25, 0.3) is 0 Å². The normalized spacial score (nSPS) is 14.4. The van der Waals surface area contributed by atoms with Crippen LogP contribution in [-0.4, -0.2) is 24.5 Å². The molecule has 25 heavy (non-hydrogen) atoms. The minimum absolute atomic E-state index is 0.0656. The van der Waals surface area contributed by atoms with E-state index in [-0.39, 0.29) is 11.4 Å². The van der Waals surface area contributed by atoms with E-state index < -0.39 is 0 Å². The number of anilines is 1. The molecule has 1 heterocycles. The first kappa shape index (κ1) is 18.2. The van der Waals surface area contributed by atoms with Crippen molar-refractivity contribution >= 4 is 23.2 Å². The number of rotatable bonds is 5. The molecule has 1 aliphatic rings. The van der Waals surface area contributed by atoms with Crippen LogP contribution in [0.5, 0.6) is 0 Å². The van der Waals surface area contributed by atoms with Crippen LogP contribution in [0, 0.1) is 22.7 Å². The molecule has 0 saturated carbocycles. The first-order chi connectivity index (χ1) is 12.1. The molecular weight excluding hydrogens is 310 g/mol. The van der Waals surface area contributed by atoms with Gasteiger partial charge < -0.3 is 4.90 Å². The molecule has 0 aromatic heterocycles. The minimum atomic E-state index is 0.0656. The highest BCUT2D eigenvalue weighted by Gasteiger charge is 2.11. The zero-order valence-corrected chi connectivity index (χ0v) is 14.8. The van der Waals surface area contributed by atoms with E-state index in [1.165, 1.54) is 5.69 Å². The third kappa shape index (κ3) is 4.65. The van der Waals surface area contributed by atoms with Crippen molar-refractivity contribution in [3.05, 3.63) is 47.3 Å². The van der Waals surface area contributed by atoms with Crippen molar-refractivity contribution in [1.29, 1.82) is 10.5 Å². The summed E-state index contributed by atoms with van der Waals surface area (Å²) >= 11 is 0. The monoisotopic (exact) mass is 331 g/mol. The Hall–Kier alpha value is -3.18. The third-order valence-corrected chi connectivity index (χ3v) is 3.92. The molecule has 2 rings (SSSR count). The second-order valence-electron chi connectivity index (χ2n) is 5.64. The van der Waals surface area contributed by atoms with Gasteiger partial charge in [0.05, 0.1) is 0 Å². The summed E-state index contributed by atoms with van der Waals surface area (Å²) in [6, 6.07) is 12.2. The highest BCUT2D eigenvalue weighted by molar-refractivity contribution is 6.11. The van der Waals surface area contributed by atoms with Crippen LogP contribution >= 0.6 is 0 Å². The molecule has 5 nitrogen and oxygen atoms in total. The predicted molar refractivity (Wildman–Crippen MR) is 102 cm³/mol. The third-order valence-electron chi connectivity index (χ3n) is 3.92. The highest BCUT2D eigenvalue weighted by atomic mass is 15.1. The lowest BCUT2D eigenvalue weighted by Crippen LogP contribution is -2.21. The summed E-state index contributed by atoms with van der Waals surface area (Å²) in [5.74, 6) is 0. The molecule has 0 bridgehead atoms. The first-order valence-electron chi connectivity index (χ1n) is 8.30. The van der Waals surface area contributed by atoms with Gasteiger partial charge in [0.1, 0.15) is 12.1 Å². The Kier molecular flexibility index (Phi) is 6.26. The lowest BCUT2D eigenvalue weighted by molar-refractivity contribution is 0.866. The summed E-state index contributed by atoms with van der Waals surface area (Å²) < 4.78 is 0. The second kappa shape index (κ2) is 8.61. The Bertz CT molecular complexity index is 822. The maximum atomic E-state index is 9.17. The second-order valence-corrected chi connectivity index (χ2v) is 5.64. The van der Waals surface area contributed by atoms with Gasteiger partial charge in [-0.25, -0.2) is 9.98 Å². The zero-order chi connectivity index (χ0) is 18.2.